The second-order valence-electron chi connectivity index (χ2n) is 21.0. The Morgan fingerprint density at radius 3 is 2.54 bits per heavy atom. The van der Waals surface area contributed by atoms with Gasteiger partial charge < -0.3 is 43.9 Å². The molecule has 1 aliphatic carbocycles. The van der Waals surface area contributed by atoms with Crippen molar-refractivity contribution in [3.05, 3.63) is 100 Å². The average Bonchev–Trinajstić information content (AvgIpc) is 3.83. The number of nitro groups is 1. The maximum absolute atomic E-state index is 14.7. The van der Waals surface area contributed by atoms with E-state index in [-0.39, 0.29) is 40.8 Å². The highest BCUT2D eigenvalue weighted by Gasteiger charge is 2.50. The molecule has 1 amide bonds. The van der Waals surface area contributed by atoms with Gasteiger partial charge in [-0.05, 0) is 126 Å². The lowest BCUT2D eigenvalue weighted by Crippen LogP contribution is -2.59. The number of amides is 1. The Labute approximate surface area is 420 Å². The second-order valence-corrected chi connectivity index (χ2v) is 22.6. The number of likely N-dealkylation sites (N-methyl/N-ethyl adjacent to an activating group) is 1. The first-order valence-electron chi connectivity index (χ1n) is 25.6. The minimum Gasteiger partial charge on any atom is -0.491 e. The van der Waals surface area contributed by atoms with E-state index in [9.17, 15) is 23.3 Å². The maximum Gasteiger partial charge on any atom is 0.293 e. The summed E-state index contributed by atoms with van der Waals surface area (Å²) in [5, 5.41) is 16.3. The van der Waals surface area contributed by atoms with Crippen LogP contribution in [0.1, 0.15) is 80.8 Å². The molecule has 0 unspecified atom stereocenters. The van der Waals surface area contributed by atoms with Gasteiger partial charge in [0.15, 0.2) is 0 Å². The number of carbonyl (C=O) groups is 1. The fourth-order valence-corrected chi connectivity index (χ4v) is 13.1. The van der Waals surface area contributed by atoms with E-state index < -0.39 is 37.5 Å². The third-order valence-corrected chi connectivity index (χ3v) is 17.3. The van der Waals surface area contributed by atoms with Gasteiger partial charge in [0.2, 0.25) is 5.88 Å². The Hall–Kier alpha value is -5.99. The first kappa shape index (κ1) is 48.3. The van der Waals surface area contributed by atoms with Crippen molar-refractivity contribution >= 4 is 55.4 Å². The first-order chi connectivity index (χ1) is 34.8. The lowest BCUT2D eigenvalue weighted by atomic mass is 9.59. The van der Waals surface area contributed by atoms with Crippen LogP contribution in [-0.2, 0) is 19.5 Å². The van der Waals surface area contributed by atoms with Crippen molar-refractivity contribution in [2.75, 3.05) is 87.9 Å². The van der Waals surface area contributed by atoms with Gasteiger partial charge in [-0.2, -0.15) is 4.98 Å². The van der Waals surface area contributed by atoms with Crippen LogP contribution in [0, 0.1) is 21.4 Å². The topological polar surface area (TPSA) is 197 Å². The number of benzene rings is 3. The molecule has 4 saturated heterocycles. The number of nitro benzene ring substituents is 1. The standard InChI is InChI=1S/C53H65N9O9S/c1-34(2)70-48-7-5-4-6-40(48)47-32-58(3)21-22-60(47)38-29-53(30-38)16-19-59(20-17-53)37-8-10-41(44(27-37)61-43-15-25-69-33-49(43)71-52-46(61)26-36-12-18-54-50(36)56-52)51(63)57-72(66,67)39-9-11-42(45(28-39)62(64)65)55-31-35-13-23-68-24-14-35/h4-12,18,26-28,34-35,38,43,47,49,55H,13-17,19-25,29-33H2,1-3H3,(H,54,56)(H,57,63)/t43-,47-,49-/m0/s1. The molecular weight excluding hydrogens is 939 g/mol. The Kier molecular flexibility index (Phi) is 13.3. The Bertz CT molecular complexity index is 2930. The quantitative estimate of drug-likeness (QED) is 0.0768. The summed E-state index contributed by atoms with van der Waals surface area (Å²) in [6.45, 7) is 11.3. The maximum atomic E-state index is 14.7. The lowest BCUT2D eigenvalue weighted by Gasteiger charge is -2.58. The fraction of sp³-hybridized carbons (Fsp3) is 0.509. The van der Waals surface area contributed by atoms with Crippen molar-refractivity contribution in [3.8, 4) is 11.6 Å². The number of ether oxygens (including phenoxy) is 4. The zero-order valence-corrected chi connectivity index (χ0v) is 42.1. The van der Waals surface area contributed by atoms with Crippen molar-refractivity contribution < 1.29 is 37.1 Å². The van der Waals surface area contributed by atoms with E-state index in [1.165, 1.54) is 17.7 Å². The number of piperazine rings is 1. The summed E-state index contributed by atoms with van der Waals surface area (Å²) in [6.07, 6.45) is 8.04. The number of H-pyrrole nitrogens is 1. The average molecular weight is 1000 g/mol. The number of rotatable bonds is 13. The summed E-state index contributed by atoms with van der Waals surface area (Å²) in [5.41, 5.74) is 4.14. The molecule has 18 nitrogen and oxygen atoms in total. The molecule has 382 valence electrons. The molecule has 6 aliphatic rings. The van der Waals surface area contributed by atoms with Gasteiger partial charge in [-0.3, -0.25) is 19.8 Å². The number of aromatic nitrogens is 2. The molecule has 19 heteroatoms. The third kappa shape index (κ3) is 9.56. The number of pyridine rings is 1. The molecule has 5 fully saturated rings. The smallest absolute Gasteiger partial charge is 0.293 e. The number of piperidine rings is 1. The van der Waals surface area contributed by atoms with Crippen molar-refractivity contribution in [1.29, 1.82) is 0 Å². The summed E-state index contributed by atoms with van der Waals surface area (Å²) < 4.78 is 54.8. The predicted molar refractivity (Wildman–Crippen MR) is 274 cm³/mol. The summed E-state index contributed by atoms with van der Waals surface area (Å²) in [6, 6.07) is 22.2. The molecule has 11 rings (SSSR count). The normalized spacial score (nSPS) is 23.0. The van der Waals surface area contributed by atoms with Crippen LogP contribution in [0.4, 0.5) is 28.4 Å². The Morgan fingerprint density at radius 1 is 0.958 bits per heavy atom. The van der Waals surface area contributed by atoms with Gasteiger partial charge in [0.05, 0.1) is 45.9 Å². The molecule has 0 radical (unpaired) electrons. The third-order valence-electron chi connectivity index (χ3n) is 16.0. The first-order valence-corrected chi connectivity index (χ1v) is 27.1. The van der Waals surface area contributed by atoms with Crippen LogP contribution in [0.15, 0.2) is 83.9 Å². The molecular formula is C53H65N9O9S. The molecule has 1 spiro atoms. The number of fused-ring (bicyclic) bond motifs is 3. The number of nitrogens with one attached hydrogen (secondary N) is 3. The van der Waals surface area contributed by atoms with Crippen molar-refractivity contribution in [3.63, 3.8) is 0 Å². The molecule has 3 aromatic carbocycles. The number of nitrogens with zero attached hydrogens (tertiary/aromatic N) is 6. The largest absolute Gasteiger partial charge is 0.491 e. The molecule has 2 aromatic heterocycles. The number of aromatic amines is 1. The van der Waals surface area contributed by atoms with E-state index in [0.29, 0.717) is 68.3 Å². The number of anilines is 4. The van der Waals surface area contributed by atoms with Crippen molar-refractivity contribution in [2.45, 2.75) is 94.0 Å². The van der Waals surface area contributed by atoms with Gasteiger partial charge in [-0.15, -0.1) is 0 Å². The van der Waals surface area contributed by atoms with E-state index in [0.717, 1.165) is 94.1 Å². The SMILES string of the molecule is CC(C)Oc1ccccc1[C@@H]1CN(C)CCN1C1CC2(CCN(c3ccc(C(=O)NS(=O)(=O)c4ccc(NCC5CCOCC5)c([N+](=O)[O-])c4)c(N4c5cc6cc[nH]c6nc5O[C@H]5COCC[C@@H]54)c3)CC2)C1. The monoisotopic (exact) mass is 1000 g/mol. The number of hydrogen-bond acceptors (Lipinski definition) is 15. The molecule has 5 aromatic rings. The van der Waals surface area contributed by atoms with Crippen LogP contribution in [0.5, 0.6) is 11.6 Å². The number of sulfonamides is 1. The lowest BCUT2D eigenvalue weighted by molar-refractivity contribution is -0.384. The van der Waals surface area contributed by atoms with Gasteiger partial charge in [-0.1, -0.05) is 18.2 Å². The highest BCUT2D eigenvalue weighted by Crippen LogP contribution is 2.54. The van der Waals surface area contributed by atoms with Crippen LogP contribution in [0.2, 0.25) is 0 Å². The van der Waals surface area contributed by atoms with E-state index in [4.69, 9.17) is 23.9 Å². The number of carbonyl (C=O) groups excluding carboxylic acids is 1. The van der Waals surface area contributed by atoms with Gasteiger partial charge in [0.1, 0.15) is 28.9 Å². The van der Waals surface area contributed by atoms with Gasteiger partial charge in [0, 0.05) is 94.0 Å². The van der Waals surface area contributed by atoms with E-state index in [2.05, 4.69) is 79.8 Å². The van der Waals surface area contributed by atoms with Crippen LogP contribution >= 0.6 is 0 Å². The fourth-order valence-electron chi connectivity index (χ4n) is 12.1. The minimum absolute atomic E-state index is 0.0898. The Balaban J connectivity index is 0.868. The van der Waals surface area contributed by atoms with E-state index >= 15 is 0 Å². The zero-order valence-electron chi connectivity index (χ0n) is 41.3. The molecule has 0 bridgehead atoms. The second kappa shape index (κ2) is 19.8. The van der Waals surface area contributed by atoms with Gasteiger partial charge in [0.25, 0.3) is 21.6 Å². The highest BCUT2D eigenvalue weighted by molar-refractivity contribution is 7.90. The summed E-state index contributed by atoms with van der Waals surface area (Å²) in [4.78, 5) is 43.7. The predicted octanol–water partition coefficient (Wildman–Crippen LogP) is 7.64. The number of para-hydroxylation sites is 1. The highest BCUT2D eigenvalue weighted by atomic mass is 32.2. The molecule has 1 saturated carbocycles. The van der Waals surface area contributed by atoms with Crippen LogP contribution in [-0.4, -0.2) is 136 Å². The molecule has 3 atom stereocenters. The van der Waals surface area contributed by atoms with Crippen molar-refractivity contribution in [2.24, 2.45) is 11.3 Å². The van der Waals surface area contributed by atoms with Crippen LogP contribution in [0.25, 0.3) is 11.0 Å². The van der Waals surface area contributed by atoms with Crippen molar-refractivity contribution in [1.82, 2.24) is 24.5 Å². The Morgan fingerprint density at radius 2 is 1.75 bits per heavy atom. The summed E-state index contributed by atoms with van der Waals surface area (Å²) >= 11 is 0. The summed E-state index contributed by atoms with van der Waals surface area (Å²) in [5.74, 6) is 0.741. The van der Waals surface area contributed by atoms with Crippen LogP contribution in [0.3, 0.4) is 0 Å². The zero-order chi connectivity index (χ0) is 49.7. The summed E-state index contributed by atoms with van der Waals surface area (Å²) in [7, 11) is -2.39. The molecule has 5 aliphatic heterocycles. The van der Waals surface area contributed by atoms with Gasteiger partial charge in [-0.25, -0.2) is 13.1 Å². The van der Waals surface area contributed by atoms with Crippen LogP contribution < -0.4 is 29.3 Å². The molecule has 72 heavy (non-hydrogen) atoms. The minimum atomic E-state index is -4.60. The molecule has 7 heterocycles. The number of hydrogen-bond donors (Lipinski definition) is 3. The molecule has 3 N–H and O–H groups in total. The van der Waals surface area contributed by atoms with E-state index in [1.54, 1.807) is 6.07 Å². The van der Waals surface area contributed by atoms with E-state index in [1.807, 2.05) is 30.5 Å². The van der Waals surface area contributed by atoms with Gasteiger partial charge >= 0.3 is 0 Å².